The Bertz CT molecular complexity index is 5630. The Morgan fingerprint density at radius 3 is 0.492 bits per heavy atom. The lowest BCUT2D eigenvalue weighted by atomic mass is 9.97. The number of rotatable bonds is 6. The van der Waals surface area contributed by atoms with Crippen LogP contribution >= 0.6 is 0 Å². The normalized spacial score (nSPS) is 10.1. The fourth-order valence-electron chi connectivity index (χ4n) is 14.7. The van der Waals surface area contributed by atoms with Gasteiger partial charge in [0.25, 0.3) is 0 Å². The summed E-state index contributed by atoms with van der Waals surface area (Å²) < 4.78 is 0. The maximum atomic E-state index is 2.26. The highest BCUT2D eigenvalue weighted by Crippen LogP contribution is 2.31. The molecule has 16 aromatic rings. The van der Waals surface area contributed by atoms with Gasteiger partial charge in [-0.3, -0.25) is 0 Å². The van der Waals surface area contributed by atoms with E-state index in [1.807, 2.05) is 12.1 Å². The lowest BCUT2D eigenvalue weighted by molar-refractivity contribution is 1.23. The van der Waals surface area contributed by atoms with Gasteiger partial charge in [0.1, 0.15) is 0 Å². The van der Waals surface area contributed by atoms with E-state index in [2.05, 4.69) is 523 Å². The van der Waals surface area contributed by atoms with E-state index < -0.39 is 0 Å². The quantitative estimate of drug-likeness (QED) is 0.156. The molecule has 648 valence electrons. The summed E-state index contributed by atoms with van der Waals surface area (Å²) in [6.45, 7) is 64.7. The summed E-state index contributed by atoms with van der Waals surface area (Å²) in [7, 11) is 0. The molecule has 0 N–H and O–H groups in total. The standard InChI is InChI=1S/4C15H16.2C14H14.2C10H14.2C9H12/c2*1-11-8-9-14(10-13(11)3)15-7-5-4-6-12(15)2;2*1-11-9-15(10-12(2)13(11)3)14-7-5-4-6-8-14;2*1-11-8-9-14(10-12(11)2)13-6-4-3-5-7-13;2*1-7-5-8(2)10(4)9(3)6-7;2*1-7-5-4-6-8(2)9(7)3/h4*4-10H,1-3H3;2*3-10H,1-2H3;2*5-6H,1-4H3;2*4-6H,1-3H3. The predicted molar refractivity (Wildman–Crippen MR) is 559 cm³/mol. The molecule has 0 spiro atoms. The van der Waals surface area contributed by atoms with E-state index in [1.165, 1.54) is 234 Å². The molecule has 0 atom stereocenters. The number of benzene rings is 16. The summed E-state index contributed by atoms with van der Waals surface area (Å²) in [5, 5.41) is 0. The van der Waals surface area contributed by atoms with Crippen molar-refractivity contribution in [1.82, 2.24) is 0 Å². The summed E-state index contributed by atoms with van der Waals surface area (Å²) in [5.41, 5.74) is 57.0. The van der Waals surface area contributed by atoms with Crippen molar-refractivity contribution in [3.05, 3.63) is 494 Å². The third kappa shape index (κ3) is 31.0. The molecule has 0 amide bonds. The third-order valence-corrected chi connectivity index (χ3v) is 25.1. The van der Waals surface area contributed by atoms with Gasteiger partial charge < -0.3 is 0 Å². The van der Waals surface area contributed by atoms with Gasteiger partial charge in [0.2, 0.25) is 0 Å². The van der Waals surface area contributed by atoms with Crippen LogP contribution in [0.25, 0.3) is 66.8 Å². The minimum atomic E-state index is 1.29. The Morgan fingerprint density at radius 1 is 0.0952 bits per heavy atom. The van der Waals surface area contributed by atoms with Gasteiger partial charge in [0.15, 0.2) is 0 Å². The highest BCUT2D eigenvalue weighted by molar-refractivity contribution is 5.72. The molecule has 0 heterocycles. The van der Waals surface area contributed by atoms with Gasteiger partial charge in [-0.15, -0.1) is 0 Å². The van der Waals surface area contributed by atoms with E-state index in [1.54, 1.807) is 0 Å². The van der Waals surface area contributed by atoms with Crippen molar-refractivity contribution in [2.75, 3.05) is 0 Å². The summed E-state index contributed by atoms with van der Waals surface area (Å²) in [4.78, 5) is 0. The van der Waals surface area contributed by atoms with Gasteiger partial charge in [-0.1, -0.05) is 339 Å². The van der Waals surface area contributed by atoms with Gasteiger partial charge in [-0.25, -0.2) is 0 Å². The zero-order chi connectivity index (χ0) is 92.4. The van der Waals surface area contributed by atoms with Crippen molar-refractivity contribution in [2.45, 2.75) is 208 Å². The largest absolute Gasteiger partial charge is 0.0622 e. The number of aryl methyl sites for hydroxylation is 24. The van der Waals surface area contributed by atoms with Crippen molar-refractivity contribution in [2.24, 2.45) is 0 Å². The molecule has 0 unspecified atom stereocenters. The molecule has 0 saturated carbocycles. The summed E-state index contributed by atoms with van der Waals surface area (Å²) in [6.07, 6.45) is 0. The Hall–Kier alpha value is -12.5. The van der Waals surface area contributed by atoms with E-state index in [9.17, 15) is 0 Å². The van der Waals surface area contributed by atoms with Crippen LogP contribution in [0.4, 0.5) is 0 Å². The highest BCUT2D eigenvalue weighted by atomic mass is 14.1. The molecular weight excluding hydrogens is 1510 g/mol. The van der Waals surface area contributed by atoms with E-state index >= 15 is 0 Å². The SMILES string of the molecule is Cc1cc(-c2ccccc2)cc(C)c1C.Cc1cc(-c2ccccc2)cc(C)c1C.Cc1cc(C)c(C)c(C)c1.Cc1cc(C)c(C)c(C)c1.Cc1ccc(-c2ccccc2)cc1C.Cc1ccc(-c2ccccc2)cc1C.Cc1ccc(-c2ccccc2C)cc1C.Cc1ccc(-c2ccccc2C)cc1C.Cc1cccc(C)c1C.Cc1cccc(C)c1C. The first kappa shape index (κ1) is 101. The molecule has 0 aliphatic rings. The van der Waals surface area contributed by atoms with Crippen molar-refractivity contribution < 1.29 is 0 Å². The van der Waals surface area contributed by atoms with Gasteiger partial charge in [0, 0.05) is 0 Å². The summed E-state index contributed by atoms with van der Waals surface area (Å²) in [5.74, 6) is 0. The van der Waals surface area contributed by atoms with Crippen LogP contribution < -0.4 is 0 Å². The monoisotopic (exact) mass is 1660 g/mol. The van der Waals surface area contributed by atoms with E-state index in [0.717, 1.165) is 0 Å². The average Bonchev–Trinajstić information content (AvgIpc) is 0.837. The smallest absolute Gasteiger partial charge is 0.0155 e. The van der Waals surface area contributed by atoms with Crippen LogP contribution in [-0.2, 0) is 0 Å². The lowest BCUT2D eigenvalue weighted by Gasteiger charge is -2.09. The molecule has 0 aliphatic carbocycles. The first-order valence-electron chi connectivity index (χ1n) is 44.9. The molecule has 126 heavy (non-hydrogen) atoms. The number of hydrogen-bond donors (Lipinski definition) is 0. The highest BCUT2D eigenvalue weighted by Gasteiger charge is 2.09. The maximum Gasteiger partial charge on any atom is -0.0155 e. The van der Waals surface area contributed by atoms with E-state index in [-0.39, 0.29) is 0 Å². The van der Waals surface area contributed by atoms with Gasteiger partial charge >= 0.3 is 0 Å². The number of hydrogen-bond acceptors (Lipinski definition) is 0. The molecule has 0 bridgehead atoms. The minimum Gasteiger partial charge on any atom is -0.0622 e. The van der Waals surface area contributed by atoms with Crippen LogP contribution in [0.3, 0.4) is 0 Å². The predicted octanol–water partition coefficient (Wildman–Crippen LogP) is 36.1. The lowest BCUT2D eigenvalue weighted by Crippen LogP contribution is -1.88. The van der Waals surface area contributed by atoms with Crippen LogP contribution in [0.5, 0.6) is 0 Å². The van der Waals surface area contributed by atoms with Crippen molar-refractivity contribution >= 4 is 0 Å². The first-order valence-corrected chi connectivity index (χ1v) is 44.9. The molecule has 0 heteroatoms. The molecule has 0 radical (unpaired) electrons. The fourth-order valence-corrected chi connectivity index (χ4v) is 14.7. The second-order valence-corrected chi connectivity index (χ2v) is 34.8. The molecular formula is C126H144. The van der Waals surface area contributed by atoms with Crippen molar-refractivity contribution in [1.29, 1.82) is 0 Å². The van der Waals surface area contributed by atoms with E-state index in [0.29, 0.717) is 0 Å². The maximum absolute atomic E-state index is 2.26. The first-order chi connectivity index (χ1) is 59.9. The average molecular weight is 1660 g/mol. The Kier molecular flexibility index (Phi) is 39.8. The zero-order valence-electron chi connectivity index (χ0n) is 82.2. The Balaban J connectivity index is 0.000000193. The molecule has 0 aromatic heterocycles. The van der Waals surface area contributed by atoms with Crippen LogP contribution in [0.15, 0.2) is 328 Å². The van der Waals surface area contributed by atoms with Gasteiger partial charge in [0.05, 0.1) is 0 Å². The minimum absolute atomic E-state index is 1.29. The molecule has 16 aromatic carbocycles. The van der Waals surface area contributed by atoms with Gasteiger partial charge in [-0.05, 0) is 430 Å². The zero-order valence-corrected chi connectivity index (χ0v) is 82.2. The second-order valence-electron chi connectivity index (χ2n) is 34.8. The summed E-state index contributed by atoms with van der Waals surface area (Å²) >= 11 is 0. The topological polar surface area (TPSA) is 0 Å². The Labute approximate surface area is 763 Å². The van der Waals surface area contributed by atoms with E-state index in [4.69, 9.17) is 0 Å². The second kappa shape index (κ2) is 49.9. The van der Waals surface area contributed by atoms with Crippen molar-refractivity contribution in [3.8, 4) is 66.8 Å². The Morgan fingerprint density at radius 2 is 0.270 bits per heavy atom. The van der Waals surface area contributed by atoms with Crippen molar-refractivity contribution in [3.63, 3.8) is 0 Å². The summed E-state index contributed by atoms with van der Waals surface area (Å²) in [6, 6.07) is 116. The fraction of sp³-hybridized carbons (Fsp3) is 0.238. The van der Waals surface area contributed by atoms with Gasteiger partial charge in [-0.2, -0.15) is 0 Å². The molecule has 0 aliphatic heterocycles. The van der Waals surface area contributed by atoms with Crippen LogP contribution in [-0.4, -0.2) is 0 Å². The molecule has 0 nitrogen and oxygen atoms in total. The molecule has 16 rings (SSSR count). The molecule has 0 saturated heterocycles. The molecule has 0 fully saturated rings. The van der Waals surface area contributed by atoms with Crippen LogP contribution in [0.1, 0.15) is 167 Å². The van der Waals surface area contributed by atoms with Crippen LogP contribution in [0, 0.1) is 208 Å². The third-order valence-electron chi connectivity index (χ3n) is 25.1. The van der Waals surface area contributed by atoms with Crippen LogP contribution in [0.2, 0.25) is 0 Å².